The fourth-order valence-corrected chi connectivity index (χ4v) is 4.15. The third-order valence-electron chi connectivity index (χ3n) is 3.34. The van der Waals surface area contributed by atoms with Crippen molar-refractivity contribution in [3.63, 3.8) is 0 Å². The highest BCUT2D eigenvalue weighted by molar-refractivity contribution is 7.40. The molecule has 2 aromatic carbocycles. The van der Waals surface area contributed by atoms with E-state index in [0.29, 0.717) is 26.9 Å². The zero-order valence-corrected chi connectivity index (χ0v) is 16.9. The van der Waals surface area contributed by atoms with Crippen LogP contribution in [0.4, 0.5) is 24.5 Å². The molecule has 2 aromatic rings. The zero-order chi connectivity index (χ0) is 16.9. The van der Waals surface area contributed by atoms with E-state index in [-0.39, 0.29) is 10.9 Å². The molecule has 10 heteroatoms. The average molecular weight is 398 g/mol. The monoisotopic (exact) mass is 398 g/mol. The van der Waals surface area contributed by atoms with E-state index in [0.717, 1.165) is 0 Å². The maximum Gasteiger partial charge on any atom is 0.183 e. The third kappa shape index (κ3) is 2.66. The Kier molecular flexibility index (Phi) is 5.39. The molecule has 0 spiro atoms. The van der Waals surface area contributed by atoms with Gasteiger partial charge in [-0.1, -0.05) is 0 Å². The predicted molar refractivity (Wildman–Crippen MR) is 107 cm³/mol. The average Bonchev–Trinajstić information content (AvgIpc) is 2.50. The first-order valence-corrected chi connectivity index (χ1v) is 8.72. The Labute approximate surface area is 137 Å². The molecule has 2 rings (SSSR count). The minimum absolute atomic E-state index is 0.205. The van der Waals surface area contributed by atoms with Gasteiger partial charge in [0.05, 0.1) is 11.3 Å². The number of nitrogens with two attached hydrogens (primary N) is 2. The molecule has 0 amide bonds. The summed E-state index contributed by atoms with van der Waals surface area (Å²) in [7, 11) is 11.6. The van der Waals surface area contributed by atoms with E-state index in [9.17, 15) is 13.2 Å². The smallest absolute Gasteiger partial charge is 0.183 e. The lowest BCUT2D eigenvalue weighted by molar-refractivity contribution is 0.505. The van der Waals surface area contributed by atoms with Crippen molar-refractivity contribution < 1.29 is 13.2 Å². The lowest BCUT2D eigenvalue weighted by Crippen LogP contribution is -2.34. The number of hydrogen-bond acceptors (Lipinski definition) is 2. The Hall–Kier alpha value is -0.0200. The normalized spacial score (nSPS) is 11.1. The van der Waals surface area contributed by atoms with Crippen LogP contribution < -0.4 is 38.0 Å². The molecule has 0 bridgehead atoms. The van der Waals surface area contributed by atoms with Crippen molar-refractivity contribution in [3.05, 3.63) is 17.5 Å². The van der Waals surface area contributed by atoms with E-state index in [4.69, 9.17) is 11.5 Å². The van der Waals surface area contributed by atoms with Crippen LogP contribution in [0.1, 0.15) is 0 Å². The van der Waals surface area contributed by atoms with Crippen molar-refractivity contribution >= 4 is 84.1 Å². The number of nitrogen functional groups attached to an aromatic ring is 2. The summed E-state index contributed by atoms with van der Waals surface area (Å²) in [6.07, 6.45) is 0. The molecule has 22 heavy (non-hydrogen) atoms. The third-order valence-corrected chi connectivity index (χ3v) is 7.02. The minimum Gasteiger partial charge on any atom is -0.398 e. The van der Waals surface area contributed by atoms with Crippen molar-refractivity contribution in [1.29, 1.82) is 0 Å². The van der Waals surface area contributed by atoms with E-state index in [1.54, 1.807) is 0 Å². The van der Waals surface area contributed by atoms with Crippen LogP contribution in [0.2, 0.25) is 0 Å². The van der Waals surface area contributed by atoms with Gasteiger partial charge in [0.2, 0.25) is 0 Å². The molecule has 0 aromatic heterocycles. The molecule has 0 aliphatic heterocycles. The van der Waals surface area contributed by atoms with Gasteiger partial charge < -0.3 is 11.5 Å². The number of benzene rings is 2. The Morgan fingerprint density at radius 3 is 1.41 bits per heavy atom. The van der Waals surface area contributed by atoms with Gasteiger partial charge in [-0.3, -0.25) is 0 Å². The molecule has 0 saturated carbocycles. The Morgan fingerprint density at radius 1 is 0.500 bits per heavy atom. The molecule has 2 nitrogen and oxygen atoms in total. The first kappa shape index (κ1) is 18.3. The highest BCUT2D eigenvalue weighted by Gasteiger charge is 2.26. The first-order valence-electron chi connectivity index (χ1n) is 5.84. The Bertz CT molecular complexity index is 685. The first-order chi connectivity index (χ1) is 10.1. The van der Waals surface area contributed by atoms with Crippen LogP contribution in [0.3, 0.4) is 0 Å². The Balaban J connectivity index is 3.03. The van der Waals surface area contributed by atoms with Crippen LogP contribution in [-0.4, -0.2) is 0 Å². The maximum atomic E-state index is 14.5. The van der Waals surface area contributed by atoms with Crippen molar-refractivity contribution in [3.8, 4) is 11.1 Å². The van der Waals surface area contributed by atoms with Gasteiger partial charge in [0.1, 0.15) is 5.82 Å². The summed E-state index contributed by atoms with van der Waals surface area (Å²) in [4.78, 5) is 0. The summed E-state index contributed by atoms with van der Waals surface area (Å²) in [6, 6.07) is 0. The second-order valence-electron chi connectivity index (χ2n) is 4.59. The summed E-state index contributed by atoms with van der Waals surface area (Å²) in [5.41, 5.74) is 10.9. The van der Waals surface area contributed by atoms with E-state index < -0.39 is 28.7 Å². The summed E-state index contributed by atoms with van der Waals surface area (Å²) in [5.74, 6) is -3.53. The molecular weight excluding hydrogens is 384 g/mol. The van der Waals surface area contributed by atoms with Crippen molar-refractivity contribution in [2.75, 3.05) is 11.5 Å². The molecular formula is C12H14F3N2P5. The molecule has 4 N–H and O–H groups in total. The van der Waals surface area contributed by atoms with Gasteiger partial charge in [-0.15, -0.1) is 46.2 Å². The summed E-state index contributed by atoms with van der Waals surface area (Å²) in [5, 5.41) is 1.85. The van der Waals surface area contributed by atoms with Gasteiger partial charge in [-0.05, 0) is 10.6 Å². The zero-order valence-electron chi connectivity index (χ0n) is 11.2. The molecule has 0 radical (unpaired) electrons. The van der Waals surface area contributed by atoms with Crippen molar-refractivity contribution in [2.45, 2.75) is 0 Å². The second kappa shape index (κ2) is 6.47. The number of anilines is 2. The van der Waals surface area contributed by atoms with E-state index in [1.165, 1.54) is 0 Å². The quantitative estimate of drug-likeness (QED) is 0.416. The lowest BCUT2D eigenvalue weighted by Gasteiger charge is -2.20. The van der Waals surface area contributed by atoms with E-state index >= 15 is 0 Å². The SMILES string of the molecule is Nc1c(F)c(F)c(-c2c(P)c(P)c(N)c(P)c2P)c(F)c1P. The maximum absolute atomic E-state index is 14.5. The van der Waals surface area contributed by atoms with Gasteiger partial charge in [0, 0.05) is 27.2 Å². The van der Waals surface area contributed by atoms with E-state index in [1.807, 2.05) is 9.24 Å². The highest BCUT2D eigenvalue weighted by Crippen LogP contribution is 2.31. The summed E-state index contributed by atoms with van der Waals surface area (Å²) < 4.78 is 42.8. The van der Waals surface area contributed by atoms with Crippen LogP contribution in [0, 0.1) is 17.5 Å². The van der Waals surface area contributed by atoms with Crippen molar-refractivity contribution in [1.82, 2.24) is 0 Å². The molecule has 118 valence electrons. The van der Waals surface area contributed by atoms with Gasteiger partial charge in [0.25, 0.3) is 0 Å². The molecule has 0 heterocycles. The predicted octanol–water partition coefficient (Wildman–Crippen LogP) is 0.437. The topological polar surface area (TPSA) is 52.0 Å². The minimum atomic E-state index is -1.33. The van der Waals surface area contributed by atoms with Crippen LogP contribution in [0.25, 0.3) is 11.1 Å². The summed E-state index contributed by atoms with van der Waals surface area (Å²) in [6.45, 7) is 0. The number of hydrogen-bond donors (Lipinski definition) is 2. The molecule has 5 atom stereocenters. The molecule has 5 unspecified atom stereocenters. The Morgan fingerprint density at radius 2 is 0.955 bits per heavy atom. The largest absolute Gasteiger partial charge is 0.398 e. The standard InChI is InChI=1S/C12H14F3N2P5/c13-3-1(4(14)10(20)6(16)5(3)15)2-8(18)11(21)7(17)12(22)9(2)19/h16-22H2. The fraction of sp³-hybridized carbons (Fsp3) is 0. The fourth-order valence-electron chi connectivity index (χ4n) is 2.03. The molecule has 0 aliphatic rings. The second-order valence-corrected chi connectivity index (χ2v) is 7.47. The molecule has 0 saturated heterocycles. The van der Waals surface area contributed by atoms with Gasteiger partial charge in [-0.25, -0.2) is 13.2 Å². The van der Waals surface area contributed by atoms with Gasteiger partial charge >= 0.3 is 0 Å². The van der Waals surface area contributed by atoms with Crippen LogP contribution in [0.15, 0.2) is 0 Å². The number of halogens is 3. The molecule has 0 aliphatic carbocycles. The lowest BCUT2D eigenvalue weighted by atomic mass is 10.0. The molecule has 0 fully saturated rings. The van der Waals surface area contributed by atoms with E-state index in [2.05, 4.69) is 37.0 Å². The van der Waals surface area contributed by atoms with Gasteiger partial charge in [-0.2, -0.15) is 0 Å². The van der Waals surface area contributed by atoms with Crippen LogP contribution >= 0.6 is 46.2 Å². The van der Waals surface area contributed by atoms with Crippen molar-refractivity contribution in [2.24, 2.45) is 0 Å². The highest BCUT2D eigenvalue weighted by atomic mass is 31.0. The van der Waals surface area contributed by atoms with Gasteiger partial charge in [0.15, 0.2) is 11.6 Å². The number of rotatable bonds is 1. The summed E-state index contributed by atoms with van der Waals surface area (Å²) >= 11 is 0. The van der Waals surface area contributed by atoms with Crippen LogP contribution in [0.5, 0.6) is 0 Å². The van der Waals surface area contributed by atoms with Crippen LogP contribution in [-0.2, 0) is 0 Å².